The molecule has 22 heavy (non-hydrogen) atoms. The van der Waals surface area contributed by atoms with E-state index in [1.807, 2.05) is 30.5 Å². The Balaban J connectivity index is 0.00000176. The maximum Gasteiger partial charge on any atom is 0.237 e. The van der Waals surface area contributed by atoms with Gasteiger partial charge in [-0.15, -0.1) is 12.4 Å². The molecule has 0 radical (unpaired) electrons. The number of hydrogen-bond acceptors (Lipinski definition) is 3. The van der Waals surface area contributed by atoms with Crippen molar-refractivity contribution in [2.24, 2.45) is 11.7 Å². The van der Waals surface area contributed by atoms with Crippen LogP contribution in [0.1, 0.15) is 12.0 Å². The summed E-state index contributed by atoms with van der Waals surface area (Å²) in [5.74, 6) is 0.335. The summed E-state index contributed by atoms with van der Waals surface area (Å²) in [6.45, 7) is 2.18. The molecule has 120 valence electrons. The number of aromatic nitrogens is 1. The van der Waals surface area contributed by atoms with Gasteiger partial charge in [0.25, 0.3) is 0 Å². The minimum absolute atomic E-state index is 0. The van der Waals surface area contributed by atoms with Gasteiger partial charge in [0, 0.05) is 36.2 Å². The van der Waals surface area contributed by atoms with Crippen LogP contribution in [0.4, 0.5) is 0 Å². The maximum absolute atomic E-state index is 12.1. The van der Waals surface area contributed by atoms with E-state index in [1.54, 1.807) is 0 Å². The number of benzene rings is 1. The second-order valence-electron chi connectivity index (χ2n) is 5.64. The number of para-hydroxylation sites is 1. The van der Waals surface area contributed by atoms with E-state index < -0.39 is 6.04 Å². The first kappa shape index (κ1) is 16.8. The molecule has 0 bridgehead atoms. The number of nitrogens with two attached hydrogens (primary N) is 1. The number of fused-ring (bicyclic) bond motifs is 1. The van der Waals surface area contributed by atoms with Gasteiger partial charge in [0.2, 0.25) is 5.91 Å². The van der Waals surface area contributed by atoms with Gasteiger partial charge in [0.1, 0.15) is 0 Å². The van der Waals surface area contributed by atoms with Crippen LogP contribution < -0.4 is 11.1 Å². The number of carbonyl (C=O) groups excluding carboxylic acids is 1. The number of H-pyrrole nitrogens is 1. The Morgan fingerprint density at radius 1 is 1.45 bits per heavy atom. The van der Waals surface area contributed by atoms with Gasteiger partial charge in [0.15, 0.2) is 0 Å². The third-order valence-electron chi connectivity index (χ3n) is 4.04. The molecule has 2 atom stereocenters. The molecule has 0 spiro atoms. The topological polar surface area (TPSA) is 80.1 Å². The van der Waals surface area contributed by atoms with Gasteiger partial charge in [-0.25, -0.2) is 0 Å². The Morgan fingerprint density at radius 2 is 2.27 bits per heavy atom. The summed E-state index contributed by atoms with van der Waals surface area (Å²) in [7, 11) is 0. The van der Waals surface area contributed by atoms with Crippen molar-refractivity contribution in [3.63, 3.8) is 0 Å². The Bertz CT molecular complexity index is 623. The van der Waals surface area contributed by atoms with Crippen LogP contribution in [0.5, 0.6) is 0 Å². The van der Waals surface area contributed by atoms with E-state index in [0.29, 0.717) is 18.9 Å². The molecule has 1 aliphatic heterocycles. The zero-order valence-electron chi connectivity index (χ0n) is 12.4. The molecule has 0 saturated carbocycles. The molecule has 1 aromatic heterocycles. The van der Waals surface area contributed by atoms with Crippen molar-refractivity contribution in [3.8, 4) is 0 Å². The molecule has 3 rings (SSSR count). The summed E-state index contributed by atoms with van der Waals surface area (Å²) in [4.78, 5) is 15.3. The lowest BCUT2D eigenvalue weighted by Gasteiger charge is -2.14. The first-order valence-electron chi connectivity index (χ1n) is 7.40. The largest absolute Gasteiger partial charge is 0.381 e. The van der Waals surface area contributed by atoms with Crippen LogP contribution in [0.25, 0.3) is 10.9 Å². The summed E-state index contributed by atoms with van der Waals surface area (Å²) in [6, 6.07) is 7.52. The smallest absolute Gasteiger partial charge is 0.237 e. The second kappa shape index (κ2) is 7.63. The first-order valence-corrected chi connectivity index (χ1v) is 7.40. The maximum atomic E-state index is 12.1. The van der Waals surface area contributed by atoms with E-state index in [0.717, 1.165) is 36.1 Å². The zero-order chi connectivity index (χ0) is 14.7. The molecule has 4 N–H and O–H groups in total. The minimum Gasteiger partial charge on any atom is -0.381 e. The van der Waals surface area contributed by atoms with E-state index in [-0.39, 0.29) is 18.3 Å². The lowest BCUT2D eigenvalue weighted by atomic mass is 10.0. The van der Waals surface area contributed by atoms with Gasteiger partial charge in [0.05, 0.1) is 12.6 Å². The van der Waals surface area contributed by atoms with Crippen molar-refractivity contribution < 1.29 is 9.53 Å². The zero-order valence-corrected chi connectivity index (χ0v) is 13.2. The Labute approximate surface area is 136 Å². The van der Waals surface area contributed by atoms with Gasteiger partial charge in [-0.1, -0.05) is 18.2 Å². The van der Waals surface area contributed by atoms with E-state index in [2.05, 4.69) is 10.3 Å². The van der Waals surface area contributed by atoms with Crippen molar-refractivity contribution in [3.05, 3.63) is 36.0 Å². The van der Waals surface area contributed by atoms with E-state index in [1.165, 1.54) is 0 Å². The normalized spacial score (nSPS) is 18.9. The molecule has 2 heterocycles. The highest BCUT2D eigenvalue weighted by Crippen LogP contribution is 2.18. The minimum atomic E-state index is -0.522. The number of carbonyl (C=O) groups is 1. The molecule has 1 fully saturated rings. The van der Waals surface area contributed by atoms with Gasteiger partial charge in [-0.3, -0.25) is 4.79 Å². The number of halogens is 1. The van der Waals surface area contributed by atoms with Crippen molar-refractivity contribution in [1.29, 1.82) is 0 Å². The summed E-state index contributed by atoms with van der Waals surface area (Å²) >= 11 is 0. The molecular weight excluding hydrogens is 302 g/mol. The van der Waals surface area contributed by atoms with Crippen LogP contribution in [-0.4, -0.2) is 36.7 Å². The van der Waals surface area contributed by atoms with Crippen molar-refractivity contribution >= 4 is 29.2 Å². The average Bonchev–Trinajstić information content (AvgIpc) is 3.15. The highest BCUT2D eigenvalue weighted by atomic mass is 35.5. The van der Waals surface area contributed by atoms with E-state index >= 15 is 0 Å². The lowest BCUT2D eigenvalue weighted by Crippen LogP contribution is -2.43. The molecule has 1 amide bonds. The van der Waals surface area contributed by atoms with Crippen LogP contribution in [0.3, 0.4) is 0 Å². The van der Waals surface area contributed by atoms with Gasteiger partial charge >= 0.3 is 0 Å². The summed E-state index contributed by atoms with van der Waals surface area (Å²) in [5.41, 5.74) is 8.18. The molecule has 1 unspecified atom stereocenters. The SMILES string of the molecule is Cl.N[C@@H](Cc1c[nH]c2ccccc12)C(=O)NCC1CCOC1. The Morgan fingerprint density at radius 3 is 3.05 bits per heavy atom. The third-order valence-corrected chi connectivity index (χ3v) is 4.04. The molecule has 1 aliphatic rings. The summed E-state index contributed by atoms with van der Waals surface area (Å²) in [6.07, 6.45) is 3.48. The van der Waals surface area contributed by atoms with Crippen molar-refractivity contribution in [2.75, 3.05) is 19.8 Å². The predicted molar refractivity (Wildman–Crippen MR) is 89.2 cm³/mol. The molecule has 5 nitrogen and oxygen atoms in total. The molecule has 0 aliphatic carbocycles. The van der Waals surface area contributed by atoms with Gasteiger partial charge < -0.3 is 20.8 Å². The highest BCUT2D eigenvalue weighted by molar-refractivity contribution is 5.86. The fourth-order valence-electron chi connectivity index (χ4n) is 2.75. The number of amides is 1. The van der Waals surface area contributed by atoms with Gasteiger partial charge in [-0.05, 0) is 24.5 Å². The van der Waals surface area contributed by atoms with Crippen molar-refractivity contribution in [1.82, 2.24) is 10.3 Å². The standard InChI is InChI=1S/C16H21N3O2.ClH/c17-14(16(20)19-8-11-5-6-21-10-11)7-12-9-18-15-4-2-1-3-13(12)15;/h1-4,9,11,14,18H,5-8,10,17H2,(H,19,20);1H/t11?,14-;/m0./s1. The Kier molecular flexibility index (Phi) is 5.83. The number of aromatic amines is 1. The lowest BCUT2D eigenvalue weighted by molar-refractivity contribution is -0.122. The molecule has 2 aromatic rings. The monoisotopic (exact) mass is 323 g/mol. The van der Waals surface area contributed by atoms with E-state index in [9.17, 15) is 4.79 Å². The number of hydrogen-bond donors (Lipinski definition) is 3. The summed E-state index contributed by atoms with van der Waals surface area (Å²) < 4.78 is 5.30. The second-order valence-corrected chi connectivity index (χ2v) is 5.64. The number of nitrogens with one attached hydrogen (secondary N) is 2. The molecular formula is C16H22ClN3O2. The van der Waals surface area contributed by atoms with Crippen LogP contribution in [0, 0.1) is 5.92 Å². The predicted octanol–water partition coefficient (Wildman–Crippen LogP) is 1.61. The fourth-order valence-corrected chi connectivity index (χ4v) is 2.75. The molecule has 1 saturated heterocycles. The Hall–Kier alpha value is -1.56. The van der Waals surface area contributed by atoms with Crippen LogP contribution in [-0.2, 0) is 16.0 Å². The average molecular weight is 324 g/mol. The quantitative estimate of drug-likeness (QED) is 0.782. The number of rotatable bonds is 5. The van der Waals surface area contributed by atoms with Crippen LogP contribution in [0.15, 0.2) is 30.5 Å². The van der Waals surface area contributed by atoms with Gasteiger partial charge in [-0.2, -0.15) is 0 Å². The third kappa shape index (κ3) is 3.80. The first-order chi connectivity index (χ1) is 10.2. The van der Waals surface area contributed by atoms with Crippen LogP contribution in [0.2, 0.25) is 0 Å². The number of ether oxygens (including phenoxy) is 1. The molecule has 6 heteroatoms. The molecule has 1 aromatic carbocycles. The fraction of sp³-hybridized carbons (Fsp3) is 0.438. The van der Waals surface area contributed by atoms with E-state index in [4.69, 9.17) is 10.5 Å². The summed E-state index contributed by atoms with van der Waals surface area (Å²) in [5, 5.41) is 4.06. The van der Waals surface area contributed by atoms with Crippen molar-refractivity contribution in [2.45, 2.75) is 18.9 Å². The van der Waals surface area contributed by atoms with Crippen LogP contribution >= 0.6 is 12.4 Å². The highest BCUT2D eigenvalue weighted by Gasteiger charge is 2.20.